The van der Waals surface area contributed by atoms with E-state index < -0.39 is 5.92 Å². The highest BCUT2D eigenvalue weighted by molar-refractivity contribution is 4.81. The molecule has 0 saturated heterocycles. The van der Waals surface area contributed by atoms with E-state index in [1.165, 1.54) is 6.92 Å². The van der Waals surface area contributed by atoms with Crippen LogP contribution in [0.3, 0.4) is 0 Å². The third-order valence-electron chi connectivity index (χ3n) is 2.62. The molecule has 2 unspecified atom stereocenters. The van der Waals surface area contributed by atoms with Crippen LogP contribution in [0.25, 0.3) is 0 Å². The van der Waals surface area contributed by atoms with Gasteiger partial charge in [-0.1, -0.05) is 0 Å². The molecule has 4 heteroatoms. The molecule has 13 heavy (non-hydrogen) atoms. The molecular weight excluding hydrogens is 169 g/mol. The van der Waals surface area contributed by atoms with Crippen molar-refractivity contribution in [2.75, 3.05) is 14.1 Å². The molecule has 3 nitrogen and oxygen atoms in total. The van der Waals surface area contributed by atoms with E-state index in [0.29, 0.717) is 0 Å². The zero-order chi connectivity index (χ0) is 10.3. The lowest BCUT2D eigenvalue weighted by atomic mass is 10.2. The number of halogens is 1. The molecule has 1 aliphatic heterocycles. The van der Waals surface area contributed by atoms with Crippen molar-refractivity contribution in [2.24, 2.45) is 0 Å². The maximum absolute atomic E-state index is 14.2. The normalized spacial score (nSPS) is 38.8. The molecule has 0 aromatic carbocycles. The molecule has 0 spiro atoms. The van der Waals surface area contributed by atoms with E-state index in [9.17, 15) is 4.39 Å². The molecule has 0 amide bonds. The summed E-state index contributed by atoms with van der Waals surface area (Å²) in [5, 5.41) is 4.50. The second-order valence-electron chi connectivity index (χ2n) is 4.00. The van der Waals surface area contributed by atoms with Crippen molar-refractivity contribution >= 4 is 0 Å². The maximum atomic E-state index is 14.2. The second kappa shape index (κ2) is 2.96. The van der Waals surface area contributed by atoms with Crippen molar-refractivity contribution < 1.29 is 8.98 Å². The predicted molar refractivity (Wildman–Crippen MR) is 49.5 cm³/mol. The van der Waals surface area contributed by atoms with Crippen LogP contribution in [-0.2, 0) is 0 Å². The summed E-state index contributed by atoms with van der Waals surface area (Å²) in [5.74, 6) is -1.50. The Hall–Kier alpha value is -0.610. The van der Waals surface area contributed by atoms with Crippen LogP contribution in [0.4, 0.5) is 4.39 Å². The predicted octanol–water partition coefficient (Wildman–Crippen LogP) is 1.21. The molecular formula is C9H18FN3+. The Kier molecular flexibility index (Phi) is 2.38. The first kappa shape index (κ1) is 10.5. The molecule has 0 bridgehead atoms. The van der Waals surface area contributed by atoms with E-state index in [0.717, 1.165) is 0 Å². The fourth-order valence-corrected chi connectivity index (χ4v) is 2.07. The Morgan fingerprint density at radius 3 is 2.23 bits per heavy atom. The van der Waals surface area contributed by atoms with Gasteiger partial charge in [0.1, 0.15) is 6.04 Å². The molecule has 1 N–H and O–H groups in total. The summed E-state index contributed by atoms with van der Waals surface area (Å²) in [6.07, 6.45) is 4.57. The first-order valence-corrected chi connectivity index (χ1v) is 4.47. The van der Waals surface area contributed by atoms with Crippen molar-refractivity contribution in [2.45, 2.75) is 32.7 Å². The largest absolute Gasteiger partial charge is 0.341 e. The third-order valence-corrected chi connectivity index (χ3v) is 2.62. The van der Waals surface area contributed by atoms with Gasteiger partial charge in [-0.2, -0.15) is 14.0 Å². The van der Waals surface area contributed by atoms with Gasteiger partial charge in [0.25, 0.3) is 0 Å². The van der Waals surface area contributed by atoms with Crippen LogP contribution in [0, 0.1) is 6.20 Å². The Bertz CT molecular complexity index is 213. The Balaban J connectivity index is 3.11. The van der Waals surface area contributed by atoms with Gasteiger partial charge in [-0.15, -0.1) is 0 Å². The van der Waals surface area contributed by atoms with Crippen LogP contribution in [0.2, 0.25) is 0 Å². The van der Waals surface area contributed by atoms with Crippen molar-refractivity contribution in [1.29, 1.82) is 0 Å². The SMILES string of the molecule is CC(C)[N+]1(N(C)C)[C]=CNC1(C)F. The lowest BCUT2D eigenvalue weighted by Gasteiger charge is -2.45. The van der Waals surface area contributed by atoms with E-state index in [4.69, 9.17) is 0 Å². The lowest BCUT2D eigenvalue weighted by molar-refractivity contribution is -1.06. The third kappa shape index (κ3) is 1.25. The van der Waals surface area contributed by atoms with Gasteiger partial charge in [-0.25, -0.2) is 0 Å². The average Bonchev–Trinajstić information content (AvgIpc) is 2.25. The maximum Gasteiger partial charge on any atom is 0.341 e. The fraction of sp³-hybridized carbons (Fsp3) is 0.778. The van der Waals surface area contributed by atoms with Crippen molar-refractivity contribution in [3.8, 4) is 0 Å². The van der Waals surface area contributed by atoms with Gasteiger partial charge in [0.2, 0.25) is 6.20 Å². The number of hydrogen-bond donors (Lipinski definition) is 1. The Morgan fingerprint density at radius 1 is 1.54 bits per heavy atom. The van der Waals surface area contributed by atoms with Crippen molar-refractivity contribution in [3.63, 3.8) is 0 Å². The first-order valence-electron chi connectivity index (χ1n) is 4.47. The van der Waals surface area contributed by atoms with Crippen molar-refractivity contribution in [1.82, 2.24) is 10.3 Å². The Labute approximate surface area is 79.4 Å². The molecule has 2 atom stereocenters. The van der Waals surface area contributed by atoms with Gasteiger partial charge < -0.3 is 5.32 Å². The number of quaternary nitrogens is 1. The summed E-state index contributed by atoms with van der Waals surface area (Å²) >= 11 is 0. The van der Waals surface area contributed by atoms with Crippen molar-refractivity contribution in [3.05, 3.63) is 12.4 Å². The molecule has 0 fully saturated rings. The molecule has 0 aromatic heterocycles. The fourth-order valence-electron chi connectivity index (χ4n) is 2.07. The van der Waals surface area contributed by atoms with Gasteiger partial charge >= 0.3 is 5.92 Å². The highest BCUT2D eigenvalue weighted by atomic mass is 19.2. The molecule has 75 valence electrons. The topological polar surface area (TPSA) is 15.3 Å². The summed E-state index contributed by atoms with van der Waals surface area (Å²) in [6, 6.07) is 0.108. The first-order chi connectivity index (χ1) is 5.84. The minimum Gasteiger partial charge on any atom is -0.305 e. The summed E-state index contributed by atoms with van der Waals surface area (Å²) in [4.78, 5) is 0. The minimum atomic E-state index is -1.50. The standard InChI is InChI=1S/C9H18FN3/c1-8(2)13(12(4)5)7-6-11-9(13,3)10/h6,8,11H,1-5H3/q+1. The zero-order valence-corrected chi connectivity index (χ0v) is 8.93. The number of hydrogen-bond acceptors (Lipinski definition) is 2. The Morgan fingerprint density at radius 2 is 2.08 bits per heavy atom. The van der Waals surface area contributed by atoms with Gasteiger partial charge in [0, 0.05) is 21.0 Å². The minimum absolute atomic E-state index is 0.0625. The number of rotatable bonds is 2. The van der Waals surface area contributed by atoms with Crippen LogP contribution in [0.15, 0.2) is 6.20 Å². The molecule has 0 aromatic rings. The van der Waals surface area contributed by atoms with E-state index in [1.54, 1.807) is 6.20 Å². The quantitative estimate of drug-likeness (QED) is 0.516. The lowest BCUT2D eigenvalue weighted by Crippen LogP contribution is -2.68. The number of nitrogens with one attached hydrogen (secondary N) is 1. The molecule has 0 aliphatic carbocycles. The zero-order valence-electron chi connectivity index (χ0n) is 8.93. The van der Waals surface area contributed by atoms with Crippen LogP contribution < -0.4 is 5.32 Å². The van der Waals surface area contributed by atoms with E-state index >= 15 is 0 Å². The number of alkyl halides is 1. The van der Waals surface area contributed by atoms with E-state index in [1.807, 2.05) is 33.0 Å². The van der Waals surface area contributed by atoms with Crippen LogP contribution >= 0.6 is 0 Å². The highest BCUT2D eigenvalue weighted by Gasteiger charge is 2.55. The van der Waals surface area contributed by atoms with Gasteiger partial charge in [0.15, 0.2) is 0 Å². The molecule has 1 radical (unpaired) electrons. The monoisotopic (exact) mass is 187 g/mol. The summed E-state index contributed by atoms with van der Waals surface area (Å²) in [6.45, 7) is 5.49. The van der Waals surface area contributed by atoms with Crippen LogP contribution in [0.1, 0.15) is 20.8 Å². The highest BCUT2D eigenvalue weighted by Crippen LogP contribution is 2.33. The summed E-state index contributed by atoms with van der Waals surface area (Å²) in [7, 11) is 3.71. The summed E-state index contributed by atoms with van der Waals surface area (Å²) in [5.41, 5.74) is 0. The van der Waals surface area contributed by atoms with Gasteiger partial charge in [-0.05, 0) is 13.8 Å². The smallest absolute Gasteiger partial charge is 0.305 e. The van der Waals surface area contributed by atoms with Crippen LogP contribution in [0.5, 0.6) is 0 Å². The second-order valence-corrected chi connectivity index (χ2v) is 4.00. The summed E-state index contributed by atoms with van der Waals surface area (Å²) < 4.78 is 14.2. The molecule has 1 aliphatic rings. The van der Waals surface area contributed by atoms with E-state index in [-0.39, 0.29) is 10.6 Å². The molecule has 1 heterocycles. The average molecular weight is 187 g/mol. The number of nitrogens with zero attached hydrogens (tertiary/aromatic N) is 2. The molecule has 0 saturated carbocycles. The van der Waals surface area contributed by atoms with Gasteiger partial charge in [-0.3, -0.25) is 0 Å². The van der Waals surface area contributed by atoms with Gasteiger partial charge in [0.05, 0.1) is 6.20 Å². The molecule has 1 rings (SSSR count). The van der Waals surface area contributed by atoms with Crippen LogP contribution in [-0.4, -0.2) is 35.7 Å². The van der Waals surface area contributed by atoms with E-state index in [2.05, 4.69) is 11.5 Å².